The summed E-state index contributed by atoms with van der Waals surface area (Å²) in [5.74, 6) is -0.0555. The summed E-state index contributed by atoms with van der Waals surface area (Å²) in [4.78, 5) is 11.9. The third-order valence-corrected chi connectivity index (χ3v) is 9.50. The first-order chi connectivity index (χ1) is 21.8. The molecule has 0 aliphatic carbocycles. The molecule has 44 heavy (non-hydrogen) atoms. The number of allylic oxidation sites excluding steroid dienone is 1. The van der Waals surface area contributed by atoms with Crippen LogP contribution in [0.2, 0.25) is 0 Å². The number of carbonyl (C=O) groups excluding carboxylic acids is 1. The topological polar surface area (TPSA) is 26.3 Å². The van der Waals surface area contributed by atoms with Crippen LogP contribution in [0.25, 0.3) is 0 Å². The van der Waals surface area contributed by atoms with Crippen molar-refractivity contribution in [1.82, 2.24) is 0 Å². The Bertz CT molecular complexity index is 554. The first-order valence-corrected chi connectivity index (χ1v) is 20.7. The molecule has 0 aliphatic heterocycles. The lowest BCUT2D eigenvalue weighted by Crippen LogP contribution is -1.98. The van der Waals surface area contributed by atoms with Crippen molar-refractivity contribution in [3.8, 4) is 0 Å². The fourth-order valence-electron chi connectivity index (χ4n) is 6.41. The molecule has 0 saturated heterocycles. The minimum Gasteiger partial charge on any atom is -0.435 e. The molecule has 0 aromatic rings. The molecule has 0 saturated carbocycles. The molecule has 0 rings (SSSR count). The smallest absolute Gasteiger partial charge is 0.310 e. The van der Waals surface area contributed by atoms with E-state index in [1.165, 1.54) is 212 Å². The Hall–Kier alpha value is -0.790. The molecule has 0 atom stereocenters. The summed E-state index contributed by atoms with van der Waals surface area (Å²) in [6.45, 7) is 4.59. The highest BCUT2D eigenvalue weighted by Crippen LogP contribution is 2.16. The van der Waals surface area contributed by atoms with Crippen LogP contribution in [-0.4, -0.2) is 5.97 Å². The van der Waals surface area contributed by atoms with E-state index < -0.39 is 0 Å². The second kappa shape index (κ2) is 40.2. The standard InChI is InChI=1S/C42H82O2/c1-3-5-7-9-11-13-15-17-19-21-22-23-25-27-29-31-33-35-37-39-41-44-42(43)40-38-36-34-32-30-28-26-24-20-18-16-14-12-10-8-6-4-2/h39,41H,3-38,40H2,1-2H3. The van der Waals surface area contributed by atoms with Crippen LogP contribution < -0.4 is 0 Å². The molecular weight excluding hydrogens is 536 g/mol. The molecule has 0 aliphatic rings. The van der Waals surface area contributed by atoms with Gasteiger partial charge in [0.1, 0.15) is 0 Å². The van der Waals surface area contributed by atoms with Gasteiger partial charge >= 0.3 is 5.97 Å². The third-order valence-electron chi connectivity index (χ3n) is 9.50. The van der Waals surface area contributed by atoms with Crippen molar-refractivity contribution in [2.75, 3.05) is 0 Å². The maximum Gasteiger partial charge on any atom is 0.310 e. The van der Waals surface area contributed by atoms with Crippen molar-refractivity contribution in [1.29, 1.82) is 0 Å². The van der Waals surface area contributed by atoms with Gasteiger partial charge in [0.25, 0.3) is 0 Å². The summed E-state index contributed by atoms with van der Waals surface area (Å²) in [7, 11) is 0. The Labute approximate surface area is 278 Å². The van der Waals surface area contributed by atoms with E-state index >= 15 is 0 Å². The minimum atomic E-state index is -0.0555. The molecule has 0 unspecified atom stereocenters. The molecule has 2 heteroatoms. The van der Waals surface area contributed by atoms with Crippen molar-refractivity contribution < 1.29 is 9.53 Å². The van der Waals surface area contributed by atoms with Crippen molar-refractivity contribution in [3.05, 3.63) is 12.3 Å². The van der Waals surface area contributed by atoms with Crippen LogP contribution in [0.3, 0.4) is 0 Å². The molecule has 0 heterocycles. The number of unbranched alkanes of at least 4 members (excludes halogenated alkanes) is 34. The molecule has 262 valence electrons. The van der Waals surface area contributed by atoms with Crippen LogP contribution in [0.4, 0.5) is 0 Å². The molecule has 0 N–H and O–H groups in total. The average molecular weight is 619 g/mol. The van der Waals surface area contributed by atoms with Gasteiger partial charge in [-0.1, -0.05) is 226 Å². The van der Waals surface area contributed by atoms with Gasteiger partial charge in [0.15, 0.2) is 0 Å². The Balaban J connectivity index is 3.20. The highest BCUT2D eigenvalue weighted by molar-refractivity contribution is 5.69. The quantitative estimate of drug-likeness (QED) is 0.0391. The predicted octanol–water partition coefficient (Wildman–Crippen LogP) is 15.5. The zero-order valence-electron chi connectivity index (χ0n) is 30.6. The highest BCUT2D eigenvalue weighted by atomic mass is 16.5. The Kier molecular flexibility index (Phi) is 39.5. The lowest BCUT2D eigenvalue weighted by molar-refractivity contribution is -0.138. The molecule has 0 radical (unpaired) electrons. The van der Waals surface area contributed by atoms with Crippen LogP contribution in [-0.2, 0) is 9.53 Å². The SMILES string of the molecule is CCCCCCCCCCCCCCCCCCCCC=COC(=O)CCCCCCCCCCCCCCCCCCC. The van der Waals surface area contributed by atoms with Gasteiger partial charge < -0.3 is 4.74 Å². The largest absolute Gasteiger partial charge is 0.435 e. The van der Waals surface area contributed by atoms with E-state index in [9.17, 15) is 4.79 Å². The second-order valence-corrected chi connectivity index (χ2v) is 14.1. The summed E-state index contributed by atoms with van der Waals surface area (Å²) in [5, 5.41) is 0. The van der Waals surface area contributed by atoms with E-state index in [1.807, 2.05) is 6.08 Å². The second-order valence-electron chi connectivity index (χ2n) is 14.1. The van der Waals surface area contributed by atoms with E-state index in [-0.39, 0.29) is 5.97 Å². The zero-order valence-corrected chi connectivity index (χ0v) is 30.6. The van der Waals surface area contributed by atoms with E-state index in [2.05, 4.69) is 13.8 Å². The Morgan fingerprint density at radius 1 is 0.364 bits per heavy atom. The molecule has 2 nitrogen and oxygen atoms in total. The van der Waals surface area contributed by atoms with Crippen molar-refractivity contribution in [3.63, 3.8) is 0 Å². The Morgan fingerprint density at radius 2 is 0.614 bits per heavy atom. The lowest BCUT2D eigenvalue weighted by Gasteiger charge is -2.04. The maximum atomic E-state index is 11.9. The van der Waals surface area contributed by atoms with E-state index in [1.54, 1.807) is 6.26 Å². The summed E-state index contributed by atoms with van der Waals surface area (Å²) >= 11 is 0. The fourth-order valence-corrected chi connectivity index (χ4v) is 6.41. The maximum absolute atomic E-state index is 11.9. The number of rotatable bonds is 38. The predicted molar refractivity (Wildman–Crippen MR) is 197 cm³/mol. The highest BCUT2D eigenvalue weighted by Gasteiger charge is 2.01. The van der Waals surface area contributed by atoms with Gasteiger partial charge in [-0.05, 0) is 25.3 Å². The van der Waals surface area contributed by atoms with Crippen LogP contribution in [0.1, 0.15) is 251 Å². The Morgan fingerprint density at radius 3 is 0.909 bits per heavy atom. The molecular formula is C42H82O2. The van der Waals surface area contributed by atoms with E-state index in [0.717, 1.165) is 19.3 Å². The summed E-state index contributed by atoms with van der Waals surface area (Å²) < 4.78 is 5.29. The molecule has 0 amide bonds. The average Bonchev–Trinajstić information content (AvgIpc) is 3.03. The monoisotopic (exact) mass is 619 g/mol. The van der Waals surface area contributed by atoms with Crippen LogP contribution >= 0.6 is 0 Å². The number of ether oxygens (including phenoxy) is 1. The summed E-state index contributed by atoms with van der Waals surface area (Å²) in [5.41, 5.74) is 0. The van der Waals surface area contributed by atoms with Gasteiger partial charge in [0.2, 0.25) is 0 Å². The zero-order chi connectivity index (χ0) is 31.9. The van der Waals surface area contributed by atoms with Crippen LogP contribution in [0.5, 0.6) is 0 Å². The molecule has 0 bridgehead atoms. The molecule has 0 aromatic carbocycles. The van der Waals surface area contributed by atoms with E-state index in [4.69, 9.17) is 4.74 Å². The molecule has 0 fully saturated rings. The van der Waals surface area contributed by atoms with Crippen molar-refractivity contribution >= 4 is 5.97 Å². The number of esters is 1. The normalized spacial score (nSPS) is 11.6. The van der Waals surface area contributed by atoms with Gasteiger partial charge in [0.05, 0.1) is 6.26 Å². The third kappa shape index (κ3) is 39.2. The van der Waals surface area contributed by atoms with Crippen molar-refractivity contribution in [2.45, 2.75) is 251 Å². The van der Waals surface area contributed by atoms with Gasteiger partial charge in [0, 0.05) is 6.42 Å². The first kappa shape index (κ1) is 43.2. The van der Waals surface area contributed by atoms with E-state index in [0.29, 0.717) is 6.42 Å². The number of hydrogen-bond donors (Lipinski definition) is 0. The van der Waals surface area contributed by atoms with Gasteiger partial charge in [-0.25, -0.2) is 0 Å². The summed E-state index contributed by atoms with van der Waals surface area (Å²) in [6.07, 6.45) is 53.9. The van der Waals surface area contributed by atoms with Crippen LogP contribution in [0.15, 0.2) is 12.3 Å². The van der Waals surface area contributed by atoms with Gasteiger partial charge in [-0.15, -0.1) is 0 Å². The minimum absolute atomic E-state index is 0.0555. The van der Waals surface area contributed by atoms with Gasteiger partial charge in [-0.3, -0.25) is 4.79 Å². The molecule has 0 aromatic heterocycles. The van der Waals surface area contributed by atoms with Crippen LogP contribution in [0, 0.1) is 0 Å². The fraction of sp³-hybridized carbons (Fsp3) is 0.929. The van der Waals surface area contributed by atoms with Gasteiger partial charge in [-0.2, -0.15) is 0 Å². The number of hydrogen-bond acceptors (Lipinski definition) is 2. The molecule has 0 spiro atoms. The number of carbonyl (C=O) groups is 1. The summed E-state index contributed by atoms with van der Waals surface area (Å²) in [6, 6.07) is 0. The van der Waals surface area contributed by atoms with Crippen molar-refractivity contribution in [2.24, 2.45) is 0 Å². The lowest BCUT2D eigenvalue weighted by atomic mass is 10.0. The first-order valence-electron chi connectivity index (χ1n) is 20.7.